The molecule has 1 aromatic carbocycles. The lowest BCUT2D eigenvalue weighted by Crippen LogP contribution is -2.23. The summed E-state index contributed by atoms with van der Waals surface area (Å²) in [4.78, 5) is 32.5. The number of nitrogens with one attached hydrogen (secondary N) is 2. The van der Waals surface area contributed by atoms with Crippen LogP contribution in [0.5, 0.6) is 5.75 Å². The van der Waals surface area contributed by atoms with Gasteiger partial charge in [-0.25, -0.2) is 4.98 Å². The van der Waals surface area contributed by atoms with Gasteiger partial charge in [-0.1, -0.05) is 18.2 Å². The fourth-order valence-electron chi connectivity index (χ4n) is 3.81. The van der Waals surface area contributed by atoms with Gasteiger partial charge in [0.1, 0.15) is 11.4 Å². The highest BCUT2D eigenvalue weighted by Crippen LogP contribution is 2.37. The van der Waals surface area contributed by atoms with Crippen LogP contribution >= 0.6 is 0 Å². The van der Waals surface area contributed by atoms with Gasteiger partial charge in [0.15, 0.2) is 12.1 Å². The standard InChI is InChI=1S/C27H33N5O3/c1-7-18(14-28-4)24-17(3)9-12-22(25(24)35-6)31-23(26-29-21(16-33)15-32(26)5)13-20(8-2)30-27(34)19-10-11-19/h7-9,12-16,19,31H,10-11H2,1-6H3,(H,30,34)/b18-7+,20-8-,23-13+,28-14?. The second kappa shape index (κ2) is 11.5. The first-order valence-electron chi connectivity index (χ1n) is 11.6. The lowest BCUT2D eigenvalue weighted by Gasteiger charge is -2.19. The van der Waals surface area contributed by atoms with E-state index in [2.05, 4.69) is 20.6 Å². The fraction of sp³-hybridized carbons (Fsp3) is 0.333. The van der Waals surface area contributed by atoms with Crippen LogP contribution < -0.4 is 15.4 Å². The summed E-state index contributed by atoms with van der Waals surface area (Å²) in [5.74, 6) is 1.27. The monoisotopic (exact) mass is 475 g/mol. The Hall–Kier alpha value is -3.94. The smallest absolute Gasteiger partial charge is 0.227 e. The van der Waals surface area contributed by atoms with Crippen LogP contribution in [0.4, 0.5) is 5.69 Å². The molecule has 0 radical (unpaired) electrons. The number of aldehydes is 1. The zero-order valence-corrected chi connectivity index (χ0v) is 21.2. The summed E-state index contributed by atoms with van der Waals surface area (Å²) in [7, 11) is 5.17. The number of aliphatic imine (C=N–C) groups is 1. The summed E-state index contributed by atoms with van der Waals surface area (Å²) in [5.41, 5.74) is 5.16. The van der Waals surface area contributed by atoms with Crippen molar-refractivity contribution in [2.45, 2.75) is 33.6 Å². The molecule has 2 aromatic rings. The van der Waals surface area contributed by atoms with Crippen LogP contribution in [0.25, 0.3) is 11.3 Å². The molecule has 3 rings (SSSR count). The number of hydrogen-bond donors (Lipinski definition) is 2. The molecule has 184 valence electrons. The van der Waals surface area contributed by atoms with Crippen molar-refractivity contribution >= 4 is 35.4 Å². The van der Waals surface area contributed by atoms with Crippen molar-refractivity contribution in [1.82, 2.24) is 14.9 Å². The number of imidazole rings is 1. The first-order chi connectivity index (χ1) is 16.9. The van der Waals surface area contributed by atoms with Gasteiger partial charge in [0.2, 0.25) is 5.91 Å². The largest absolute Gasteiger partial charge is 0.494 e. The predicted octanol–water partition coefficient (Wildman–Crippen LogP) is 4.54. The SMILES string of the molecule is C/C=C(/C=C(/Nc1ccc(C)c(/C(C=NC)=C/C)c1OC)c1nc(C=O)cn1C)NC(=O)C1CC1. The number of benzene rings is 1. The first kappa shape index (κ1) is 25.7. The second-order valence-electron chi connectivity index (χ2n) is 8.38. The third-order valence-electron chi connectivity index (χ3n) is 5.79. The summed E-state index contributed by atoms with van der Waals surface area (Å²) >= 11 is 0. The maximum absolute atomic E-state index is 12.4. The van der Waals surface area contributed by atoms with Gasteiger partial charge in [-0.15, -0.1) is 0 Å². The second-order valence-corrected chi connectivity index (χ2v) is 8.38. The van der Waals surface area contributed by atoms with E-state index >= 15 is 0 Å². The van der Waals surface area contributed by atoms with Crippen LogP contribution in [-0.4, -0.2) is 42.1 Å². The minimum Gasteiger partial charge on any atom is -0.494 e. The minimum absolute atomic E-state index is 0.00824. The Balaban J connectivity index is 2.12. The Morgan fingerprint density at radius 3 is 2.54 bits per heavy atom. The summed E-state index contributed by atoms with van der Waals surface area (Å²) in [6.45, 7) is 5.84. The van der Waals surface area contributed by atoms with Crippen molar-refractivity contribution in [1.29, 1.82) is 0 Å². The van der Waals surface area contributed by atoms with E-state index in [9.17, 15) is 9.59 Å². The topological polar surface area (TPSA) is 97.6 Å². The summed E-state index contributed by atoms with van der Waals surface area (Å²) < 4.78 is 7.62. The maximum atomic E-state index is 12.4. The molecule has 1 aliphatic rings. The molecule has 1 aromatic heterocycles. The predicted molar refractivity (Wildman–Crippen MR) is 141 cm³/mol. The molecule has 1 aliphatic carbocycles. The quantitative estimate of drug-likeness (QED) is 0.299. The zero-order valence-electron chi connectivity index (χ0n) is 21.2. The Morgan fingerprint density at radius 2 is 2.00 bits per heavy atom. The van der Waals surface area contributed by atoms with Crippen LogP contribution in [0.1, 0.15) is 54.1 Å². The molecule has 8 nitrogen and oxygen atoms in total. The van der Waals surface area contributed by atoms with Crippen LogP contribution in [-0.2, 0) is 11.8 Å². The highest BCUT2D eigenvalue weighted by Gasteiger charge is 2.29. The molecule has 1 amide bonds. The number of carbonyl (C=O) groups excluding carboxylic acids is 2. The number of ether oxygens (including phenoxy) is 1. The number of rotatable bonds is 10. The molecule has 8 heteroatoms. The van der Waals surface area contributed by atoms with Gasteiger partial charge in [0, 0.05) is 43.7 Å². The van der Waals surface area contributed by atoms with Crippen molar-refractivity contribution in [2.75, 3.05) is 19.5 Å². The molecule has 0 spiro atoms. The summed E-state index contributed by atoms with van der Waals surface area (Å²) in [6.07, 6.45) is 11.6. The molecule has 0 atom stereocenters. The normalized spacial score (nSPS) is 14.9. The van der Waals surface area contributed by atoms with Gasteiger partial charge in [-0.3, -0.25) is 14.6 Å². The Bertz CT molecular complexity index is 1230. The molecular weight excluding hydrogens is 442 g/mol. The Kier molecular flexibility index (Phi) is 8.41. The molecule has 0 aliphatic heterocycles. The zero-order chi connectivity index (χ0) is 25.5. The van der Waals surface area contributed by atoms with Gasteiger partial charge >= 0.3 is 0 Å². The average Bonchev–Trinajstić information content (AvgIpc) is 3.64. The van der Waals surface area contributed by atoms with E-state index in [0.717, 1.165) is 29.5 Å². The van der Waals surface area contributed by atoms with Gasteiger partial charge in [0.05, 0.1) is 18.5 Å². The number of carbonyl (C=O) groups is 2. The van der Waals surface area contributed by atoms with Gasteiger partial charge in [0.25, 0.3) is 0 Å². The maximum Gasteiger partial charge on any atom is 0.227 e. The highest BCUT2D eigenvalue weighted by molar-refractivity contribution is 6.12. The van der Waals surface area contributed by atoms with Crippen molar-refractivity contribution in [3.63, 3.8) is 0 Å². The molecule has 1 saturated carbocycles. The first-order valence-corrected chi connectivity index (χ1v) is 11.6. The van der Waals surface area contributed by atoms with Crippen LogP contribution in [0.2, 0.25) is 0 Å². The van der Waals surface area contributed by atoms with Crippen LogP contribution in [0.3, 0.4) is 0 Å². The summed E-state index contributed by atoms with van der Waals surface area (Å²) in [6, 6.07) is 3.94. The average molecular weight is 476 g/mol. The van der Waals surface area contributed by atoms with Gasteiger partial charge in [-0.05, 0) is 56.9 Å². The van der Waals surface area contributed by atoms with E-state index in [4.69, 9.17) is 4.74 Å². The molecular formula is C27H33N5O3. The molecule has 0 unspecified atom stereocenters. The number of amides is 1. The number of anilines is 1. The van der Waals surface area contributed by atoms with Crippen LogP contribution in [0.15, 0.2) is 47.2 Å². The number of aryl methyl sites for hydroxylation is 2. The number of nitrogens with zero attached hydrogens (tertiary/aromatic N) is 3. The minimum atomic E-state index is 0.00824. The third-order valence-corrected chi connectivity index (χ3v) is 5.79. The van der Waals surface area contributed by atoms with Crippen molar-refractivity contribution in [3.8, 4) is 5.75 Å². The number of aromatic nitrogens is 2. The van der Waals surface area contributed by atoms with E-state index in [-0.39, 0.29) is 11.8 Å². The number of hydrogen-bond acceptors (Lipinski definition) is 6. The van der Waals surface area contributed by atoms with E-state index in [0.29, 0.717) is 40.6 Å². The van der Waals surface area contributed by atoms with Gasteiger partial charge < -0.3 is 19.9 Å². The molecule has 0 saturated heterocycles. The lowest BCUT2D eigenvalue weighted by molar-refractivity contribution is -0.121. The number of methoxy groups -OCH3 is 1. The van der Waals surface area contributed by atoms with Crippen molar-refractivity contribution in [3.05, 3.63) is 64.9 Å². The fourth-order valence-corrected chi connectivity index (χ4v) is 3.81. The van der Waals surface area contributed by atoms with Crippen molar-refractivity contribution < 1.29 is 14.3 Å². The van der Waals surface area contributed by atoms with Crippen molar-refractivity contribution in [2.24, 2.45) is 18.0 Å². The molecule has 1 fully saturated rings. The molecule has 35 heavy (non-hydrogen) atoms. The Morgan fingerprint density at radius 1 is 1.26 bits per heavy atom. The highest BCUT2D eigenvalue weighted by atomic mass is 16.5. The van der Waals surface area contributed by atoms with E-state index in [1.165, 1.54) is 0 Å². The van der Waals surface area contributed by atoms with Gasteiger partial charge in [-0.2, -0.15) is 0 Å². The molecule has 0 bridgehead atoms. The molecule has 2 N–H and O–H groups in total. The summed E-state index contributed by atoms with van der Waals surface area (Å²) in [5, 5.41) is 6.43. The lowest BCUT2D eigenvalue weighted by atomic mass is 9.98. The van der Waals surface area contributed by atoms with E-state index in [1.54, 1.807) is 31.1 Å². The van der Waals surface area contributed by atoms with Crippen LogP contribution in [0, 0.1) is 12.8 Å². The third kappa shape index (κ3) is 5.95. The number of allylic oxidation sites excluding steroid dienone is 4. The van der Waals surface area contributed by atoms with E-state index in [1.807, 2.05) is 58.2 Å². The van der Waals surface area contributed by atoms with E-state index < -0.39 is 0 Å². The Labute approximate surface area is 206 Å². The molecule has 1 heterocycles.